The number of rotatable bonds is 6. The van der Waals surface area contributed by atoms with E-state index in [4.69, 9.17) is 11.6 Å². The van der Waals surface area contributed by atoms with Crippen molar-refractivity contribution in [2.24, 2.45) is 0 Å². The Morgan fingerprint density at radius 3 is 2.52 bits per heavy atom. The van der Waals surface area contributed by atoms with Crippen LogP contribution in [0.25, 0.3) is 0 Å². The van der Waals surface area contributed by atoms with E-state index < -0.39 is 6.03 Å². The van der Waals surface area contributed by atoms with Crippen LogP contribution in [0.3, 0.4) is 0 Å². The van der Waals surface area contributed by atoms with E-state index in [-0.39, 0.29) is 12.5 Å². The Balaban J connectivity index is 1.63. The van der Waals surface area contributed by atoms with Gasteiger partial charge in [0.15, 0.2) is 0 Å². The monoisotopic (exact) mass is 332 g/mol. The molecule has 120 valence electrons. The number of hydrogen-bond acceptors (Lipinski definition) is 3. The number of nitrogens with zero attached hydrogens (tertiary/aromatic N) is 1. The molecule has 0 atom stereocenters. The fraction of sp³-hybridized carbons (Fsp3) is 0.188. The second-order valence-electron chi connectivity index (χ2n) is 4.74. The lowest BCUT2D eigenvalue weighted by Crippen LogP contribution is -2.40. The molecular weight excluding hydrogens is 316 g/mol. The lowest BCUT2D eigenvalue weighted by molar-refractivity contribution is -0.115. The first-order chi connectivity index (χ1) is 11.1. The Labute approximate surface area is 139 Å². The first-order valence-electron chi connectivity index (χ1n) is 7.10. The van der Waals surface area contributed by atoms with E-state index in [1.807, 2.05) is 18.2 Å². The number of hydrogen-bond donors (Lipinski definition) is 3. The van der Waals surface area contributed by atoms with Crippen molar-refractivity contribution in [3.63, 3.8) is 0 Å². The van der Waals surface area contributed by atoms with E-state index in [9.17, 15) is 9.59 Å². The van der Waals surface area contributed by atoms with Gasteiger partial charge in [-0.15, -0.1) is 0 Å². The highest BCUT2D eigenvalue weighted by molar-refractivity contribution is 6.30. The molecule has 0 saturated heterocycles. The van der Waals surface area contributed by atoms with Gasteiger partial charge in [-0.25, -0.2) is 4.79 Å². The van der Waals surface area contributed by atoms with Crippen LogP contribution in [-0.4, -0.2) is 30.0 Å². The zero-order valence-corrected chi connectivity index (χ0v) is 13.1. The average molecular weight is 333 g/mol. The third-order valence-corrected chi connectivity index (χ3v) is 3.18. The molecule has 1 aromatic heterocycles. The summed E-state index contributed by atoms with van der Waals surface area (Å²) >= 11 is 5.76. The van der Waals surface area contributed by atoms with Crippen LogP contribution in [0, 0.1) is 0 Å². The first-order valence-corrected chi connectivity index (χ1v) is 7.48. The molecule has 0 aliphatic carbocycles. The maximum absolute atomic E-state index is 11.7. The zero-order valence-electron chi connectivity index (χ0n) is 12.4. The first kappa shape index (κ1) is 16.8. The number of carbonyl (C=O) groups excluding carboxylic acids is 2. The van der Waals surface area contributed by atoms with Crippen molar-refractivity contribution in [2.45, 2.75) is 6.42 Å². The molecule has 3 N–H and O–H groups in total. The minimum absolute atomic E-state index is 0.113. The Morgan fingerprint density at radius 2 is 1.83 bits per heavy atom. The predicted molar refractivity (Wildman–Crippen MR) is 89.4 cm³/mol. The topological polar surface area (TPSA) is 83.1 Å². The summed E-state index contributed by atoms with van der Waals surface area (Å²) in [6.45, 7) is 0.333. The minimum Gasteiger partial charge on any atom is -0.338 e. The molecule has 1 aromatic carbocycles. The Kier molecular flexibility index (Phi) is 6.38. The molecule has 0 aliphatic rings. The molecule has 6 nitrogen and oxygen atoms in total. The summed E-state index contributed by atoms with van der Waals surface area (Å²) in [5.74, 6) is -0.313. The Hall–Kier alpha value is -2.60. The van der Waals surface area contributed by atoms with Gasteiger partial charge in [0.05, 0.1) is 6.54 Å². The number of carbonyl (C=O) groups is 2. The molecule has 23 heavy (non-hydrogen) atoms. The molecule has 7 heteroatoms. The van der Waals surface area contributed by atoms with E-state index in [0.29, 0.717) is 23.7 Å². The zero-order chi connectivity index (χ0) is 16.5. The number of anilines is 1. The summed E-state index contributed by atoms with van der Waals surface area (Å²) in [6, 6.07) is 11.9. The molecule has 0 bridgehead atoms. The second kappa shape index (κ2) is 8.75. The summed E-state index contributed by atoms with van der Waals surface area (Å²) < 4.78 is 0. The highest BCUT2D eigenvalue weighted by Crippen LogP contribution is 2.12. The third-order valence-electron chi connectivity index (χ3n) is 2.93. The third kappa shape index (κ3) is 6.36. The number of pyridine rings is 1. The summed E-state index contributed by atoms with van der Waals surface area (Å²) in [4.78, 5) is 27.5. The van der Waals surface area contributed by atoms with Crippen LogP contribution >= 0.6 is 11.6 Å². The van der Waals surface area contributed by atoms with Gasteiger partial charge in [-0.1, -0.05) is 17.7 Å². The summed E-state index contributed by atoms with van der Waals surface area (Å²) in [7, 11) is 0. The summed E-state index contributed by atoms with van der Waals surface area (Å²) in [5.41, 5.74) is 1.52. The number of aromatic nitrogens is 1. The molecule has 1 heterocycles. The molecular formula is C16H17ClN4O2. The van der Waals surface area contributed by atoms with Gasteiger partial charge in [0, 0.05) is 35.6 Å². The number of halogens is 1. The van der Waals surface area contributed by atoms with Crippen molar-refractivity contribution in [1.29, 1.82) is 0 Å². The van der Waals surface area contributed by atoms with Crippen LogP contribution in [0.1, 0.15) is 5.69 Å². The molecule has 0 spiro atoms. The molecule has 0 fully saturated rings. The van der Waals surface area contributed by atoms with Gasteiger partial charge in [-0.3, -0.25) is 9.78 Å². The van der Waals surface area contributed by atoms with Crippen LogP contribution in [0.4, 0.5) is 10.5 Å². The fourth-order valence-corrected chi connectivity index (χ4v) is 1.94. The second-order valence-corrected chi connectivity index (χ2v) is 5.17. The lowest BCUT2D eigenvalue weighted by Gasteiger charge is -2.08. The van der Waals surface area contributed by atoms with Crippen LogP contribution in [0.2, 0.25) is 5.02 Å². The van der Waals surface area contributed by atoms with Crippen LogP contribution in [-0.2, 0) is 11.2 Å². The number of amides is 3. The van der Waals surface area contributed by atoms with Crippen molar-refractivity contribution in [3.8, 4) is 0 Å². The maximum Gasteiger partial charge on any atom is 0.315 e. The molecule has 2 aromatic rings. The van der Waals surface area contributed by atoms with Crippen molar-refractivity contribution >= 4 is 29.2 Å². The molecule has 3 amide bonds. The number of benzene rings is 1. The molecule has 0 aliphatic heterocycles. The van der Waals surface area contributed by atoms with Gasteiger partial charge in [0.2, 0.25) is 5.91 Å². The van der Waals surface area contributed by atoms with E-state index in [2.05, 4.69) is 20.9 Å². The van der Waals surface area contributed by atoms with Gasteiger partial charge in [0.1, 0.15) is 0 Å². The van der Waals surface area contributed by atoms with Crippen molar-refractivity contribution in [1.82, 2.24) is 15.6 Å². The smallest absolute Gasteiger partial charge is 0.315 e. The largest absolute Gasteiger partial charge is 0.338 e. The van der Waals surface area contributed by atoms with Crippen LogP contribution in [0.5, 0.6) is 0 Å². The summed E-state index contributed by atoms with van der Waals surface area (Å²) in [5, 5.41) is 8.41. The number of urea groups is 1. The van der Waals surface area contributed by atoms with E-state index in [0.717, 1.165) is 5.69 Å². The molecule has 0 radical (unpaired) electrons. The standard InChI is InChI=1S/C16H17ClN4O2/c17-12-4-6-14(7-5-12)21-15(22)11-20-16(23)19-10-8-13-3-1-2-9-18-13/h1-7,9H,8,10-11H2,(H,21,22)(H2,19,20,23). The quantitative estimate of drug-likeness (QED) is 0.758. The van der Waals surface area contributed by atoms with Crippen molar-refractivity contribution in [2.75, 3.05) is 18.4 Å². The van der Waals surface area contributed by atoms with Gasteiger partial charge in [-0.2, -0.15) is 0 Å². The lowest BCUT2D eigenvalue weighted by atomic mass is 10.3. The number of nitrogens with one attached hydrogen (secondary N) is 3. The van der Waals surface area contributed by atoms with Crippen LogP contribution < -0.4 is 16.0 Å². The van der Waals surface area contributed by atoms with E-state index in [1.54, 1.807) is 30.5 Å². The molecule has 0 saturated carbocycles. The fourth-order valence-electron chi connectivity index (χ4n) is 1.81. The average Bonchev–Trinajstić information content (AvgIpc) is 2.56. The Morgan fingerprint density at radius 1 is 1.04 bits per heavy atom. The van der Waals surface area contributed by atoms with Gasteiger partial charge >= 0.3 is 6.03 Å². The molecule has 0 unspecified atom stereocenters. The van der Waals surface area contributed by atoms with E-state index >= 15 is 0 Å². The summed E-state index contributed by atoms with van der Waals surface area (Å²) in [6.07, 6.45) is 2.34. The highest BCUT2D eigenvalue weighted by atomic mass is 35.5. The van der Waals surface area contributed by atoms with Gasteiger partial charge < -0.3 is 16.0 Å². The maximum atomic E-state index is 11.7. The van der Waals surface area contributed by atoms with Gasteiger partial charge in [-0.05, 0) is 36.4 Å². The molecule has 2 rings (SSSR count). The Bertz CT molecular complexity index is 647. The predicted octanol–water partition coefficient (Wildman–Crippen LogP) is 2.22. The van der Waals surface area contributed by atoms with Crippen molar-refractivity contribution < 1.29 is 9.59 Å². The normalized spacial score (nSPS) is 9.96. The van der Waals surface area contributed by atoms with Crippen molar-refractivity contribution in [3.05, 3.63) is 59.4 Å². The van der Waals surface area contributed by atoms with E-state index in [1.165, 1.54) is 0 Å². The minimum atomic E-state index is -0.396. The van der Waals surface area contributed by atoms with Gasteiger partial charge in [0.25, 0.3) is 0 Å². The SMILES string of the molecule is O=C(CNC(=O)NCCc1ccccn1)Nc1ccc(Cl)cc1. The van der Waals surface area contributed by atoms with Crippen LogP contribution in [0.15, 0.2) is 48.7 Å². The highest BCUT2D eigenvalue weighted by Gasteiger charge is 2.05.